The number of likely N-dealkylation sites (N-methyl/N-ethyl adjacent to an activating group) is 1. The zero-order valence-corrected chi connectivity index (χ0v) is 10.5. The van der Waals surface area contributed by atoms with Gasteiger partial charge in [0.05, 0.1) is 6.61 Å². The maximum absolute atomic E-state index is 11.1. The molecule has 0 aromatic heterocycles. The second-order valence-corrected chi connectivity index (χ2v) is 6.74. The van der Waals surface area contributed by atoms with Crippen LogP contribution in [-0.4, -0.2) is 30.7 Å². The van der Waals surface area contributed by atoms with Gasteiger partial charge in [-0.05, 0) is 12.1 Å². The van der Waals surface area contributed by atoms with Crippen LogP contribution in [0.25, 0.3) is 0 Å². The molecule has 0 aliphatic heterocycles. The van der Waals surface area contributed by atoms with Crippen molar-refractivity contribution in [2.75, 3.05) is 31.4 Å². The van der Waals surface area contributed by atoms with Crippen LogP contribution in [0.3, 0.4) is 0 Å². The SMILES string of the molecule is CN(CCOS(C)(=O)=S)c1ccccc1. The zero-order chi connectivity index (χ0) is 11.3. The van der Waals surface area contributed by atoms with E-state index in [4.69, 9.17) is 4.18 Å². The average Bonchev–Trinajstić information content (AvgIpc) is 2.17. The minimum atomic E-state index is -2.50. The second-order valence-electron chi connectivity index (χ2n) is 3.28. The van der Waals surface area contributed by atoms with Crippen LogP contribution >= 0.6 is 0 Å². The highest BCUT2D eigenvalue weighted by Gasteiger charge is 2.01. The van der Waals surface area contributed by atoms with Crippen molar-refractivity contribution in [2.45, 2.75) is 0 Å². The van der Waals surface area contributed by atoms with Crippen molar-refractivity contribution >= 4 is 25.6 Å². The third-order valence-electron chi connectivity index (χ3n) is 1.92. The molecule has 0 amide bonds. The first-order chi connectivity index (χ1) is 6.99. The Bertz CT molecular complexity index is 389. The van der Waals surface area contributed by atoms with Crippen molar-refractivity contribution in [1.29, 1.82) is 0 Å². The number of nitrogens with zero attached hydrogens (tertiary/aromatic N) is 1. The lowest BCUT2D eigenvalue weighted by Crippen LogP contribution is -2.23. The van der Waals surface area contributed by atoms with Crippen LogP contribution in [0.15, 0.2) is 30.3 Å². The van der Waals surface area contributed by atoms with Crippen LogP contribution in [-0.2, 0) is 24.1 Å². The molecule has 0 aliphatic rings. The van der Waals surface area contributed by atoms with Crippen molar-refractivity contribution in [3.8, 4) is 0 Å². The quantitative estimate of drug-likeness (QED) is 0.785. The third-order valence-corrected chi connectivity index (χ3v) is 2.80. The molecule has 0 spiro atoms. The van der Waals surface area contributed by atoms with Crippen LogP contribution in [0.1, 0.15) is 0 Å². The van der Waals surface area contributed by atoms with Gasteiger partial charge in [0, 0.05) is 36.7 Å². The average molecular weight is 245 g/mol. The number of hydrogen-bond acceptors (Lipinski definition) is 4. The van der Waals surface area contributed by atoms with E-state index in [-0.39, 0.29) is 0 Å². The molecule has 0 fully saturated rings. The molecule has 84 valence electrons. The van der Waals surface area contributed by atoms with E-state index in [2.05, 4.69) is 11.2 Å². The van der Waals surface area contributed by atoms with E-state index in [0.717, 1.165) is 5.69 Å². The van der Waals surface area contributed by atoms with E-state index < -0.39 is 8.77 Å². The van der Waals surface area contributed by atoms with E-state index >= 15 is 0 Å². The number of para-hydroxylation sites is 1. The fourth-order valence-electron chi connectivity index (χ4n) is 1.14. The van der Waals surface area contributed by atoms with Gasteiger partial charge >= 0.3 is 0 Å². The first kappa shape index (κ1) is 12.4. The van der Waals surface area contributed by atoms with Gasteiger partial charge in [0.1, 0.15) is 8.77 Å². The molecule has 3 nitrogen and oxygen atoms in total. The van der Waals surface area contributed by atoms with Gasteiger partial charge in [0.25, 0.3) is 0 Å². The van der Waals surface area contributed by atoms with Gasteiger partial charge in [0.2, 0.25) is 0 Å². The van der Waals surface area contributed by atoms with Gasteiger partial charge in [-0.1, -0.05) is 18.2 Å². The molecule has 0 radical (unpaired) electrons. The fourth-order valence-corrected chi connectivity index (χ4v) is 1.72. The number of rotatable bonds is 5. The summed E-state index contributed by atoms with van der Waals surface area (Å²) in [6, 6.07) is 9.94. The van der Waals surface area contributed by atoms with Crippen molar-refractivity contribution in [3.05, 3.63) is 30.3 Å². The molecule has 1 rings (SSSR count). The highest BCUT2D eigenvalue weighted by atomic mass is 32.8. The molecule has 1 aromatic rings. The molecule has 0 saturated heterocycles. The summed E-state index contributed by atoms with van der Waals surface area (Å²) in [4.78, 5) is 2.03. The molecular weight excluding hydrogens is 230 g/mol. The lowest BCUT2D eigenvalue weighted by molar-refractivity contribution is 0.357. The molecule has 5 heteroatoms. The topological polar surface area (TPSA) is 29.5 Å². The summed E-state index contributed by atoms with van der Waals surface area (Å²) in [6.07, 6.45) is 1.42. The molecular formula is C10H15NO2S2. The lowest BCUT2D eigenvalue weighted by Gasteiger charge is -2.18. The summed E-state index contributed by atoms with van der Waals surface area (Å²) < 4.78 is 16.1. The minimum Gasteiger partial charge on any atom is -0.372 e. The Kier molecular flexibility index (Phi) is 4.50. The Morgan fingerprint density at radius 3 is 2.53 bits per heavy atom. The number of hydrogen-bond donors (Lipinski definition) is 0. The van der Waals surface area contributed by atoms with Crippen LogP contribution in [0.2, 0.25) is 0 Å². The molecule has 1 unspecified atom stereocenters. The monoisotopic (exact) mass is 245 g/mol. The Morgan fingerprint density at radius 2 is 2.00 bits per heavy atom. The maximum atomic E-state index is 11.1. The van der Waals surface area contributed by atoms with E-state index in [1.807, 2.05) is 42.3 Å². The summed E-state index contributed by atoms with van der Waals surface area (Å²) in [7, 11) is -0.537. The predicted molar refractivity (Wildman–Crippen MR) is 67.1 cm³/mol. The van der Waals surface area contributed by atoms with Crippen molar-refractivity contribution in [1.82, 2.24) is 0 Å². The second kappa shape index (κ2) is 5.44. The van der Waals surface area contributed by atoms with Crippen molar-refractivity contribution in [3.63, 3.8) is 0 Å². The van der Waals surface area contributed by atoms with Crippen molar-refractivity contribution in [2.24, 2.45) is 0 Å². The highest BCUT2D eigenvalue weighted by Crippen LogP contribution is 2.10. The molecule has 0 aliphatic carbocycles. The molecule has 0 N–H and O–H groups in total. The summed E-state index contributed by atoms with van der Waals surface area (Å²) in [5, 5.41) is 0. The Hall–Kier alpha value is -0.650. The van der Waals surface area contributed by atoms with E-state index in [1.165, 1.54) is 6.26 Å². The predicted octanol–water partition coefficient (Wildman–Crippen LogP) is 1.43. The lowest BCUT2D eigenvalue weighted by atomic mass is 10.3. The molecule has 1 aromatic carbocycles. The van der Waals surface area contributed by atoms with Crippen LogP contribution in [0, 0.1) is 0 Å². The summed E-state index contributed by atoms with van der Waals surface area (Å²) in [5.74, 6) is 0. The van der Waals surface area contributed by atoms with Gasteiger partial charge in [-0.25, -0.2) is 4.21 Å². The van der Waals surface area contributed by atoms with E-state index in [1.54, 1.807) is 0 Å². The Labute approximate surface area is 95.9 Å². The minimum absolute atomic E-state index is 0.379. The van der Waals surface area contributed by atoms with Gasteiger partial charge in [0.15, 0.2) is 0 Å². The molecule has 0 saturated carbocycles. The number of benzene rings is 1. The third kappa shape index (κ3) is 5.11. The molecule has 15 heavy (non-hydrogen) atoms. The first-order valence-corrected chi connectivity index (χ1v) is 7.41. The Morgan fingerprint density at radius 1 is 1.40 bits per heavy atom. The van der Waals surface area contributed by atoms with Gasteiger partial charge in [-0.15, -0.1) is 0 Å². The molecule has 0 bridgehead atoms. The summed E-state index contributed by atoms with van der Waals surface area (Å²) in [6.45, 7) is 1.05. The van der Waals surface area contributed by atoms with Gasteiger partial charge in [-0.3, -0.25) is 4.18 Å². The fraction of sp³-hybridized carbons (Fsp3) is 0.400. The van der Waals surface area contributed by atoms with E-state index in [9.17, 15) is 4.21 Å². The zero-order valence-electron chi connectivity index (χ0n) is 8.88. The molecule has 0 heterocycles. The van der Waals surface area contributed by atoms with Crippen LogP contribution < -0.4 is 4.90 Å². The molecule has 1 atom stereocenters. The largest absolute Gasteiger partial charge is 0.372 e. The van der Waals surface area contributed by atoms with Crippen LogP contribution in [0.4, 0.5) is 5.69 Å². The maximum Gasteiger partial charge on any atom is 0.141 e. The Balaban J connectivity index is 2.41. The summed E-state index contributed by atoms with van der Waals surface area (Å²) in [5.41, 5.74) is 1.10. The van der Waals surface area contributed by atoms with Gasteiger partial charge < -0.3 is 4.90 Å². The smallest absolute Gasteiger partial charge is 0.141 e. The van der Waals surface area contributed by atoms with Gasteiger partial charge in [-0.2, -0.15) is 0 Å². The van der Waals surface area contributed by atoms with Crippen LogP contribution in [0.5, 0.6) is 0 Å². The standard InChI is InChI=1S/C10H15NO2S2/c1-11(8-9-13-15(2,12)14)10-6-4-3-5-7-10/h3-7H,8-9H2,1-2H3. The number of anilines is 1. The van der Waals surface area contributed by atoms with E-state index in [0.29, 0.717) is 13.2 Å². The first-order valence-electron chi connectivity index (χ1n) is 4.59. The van der Waals surface area contributed by atoms with Crippen molar-refractivity contribution < 1.29 is 8.39 Å². The normalized spacial score (nSPS) is 14.5. The highest BCUT2D eigenvalue weighted by molar-refractivity contribution is 8.29. The summed E-state index contributed by atoms with van der Waals surface area (Å²) >= 11 is 4.64.